The predicted octanol–water partition coefficient (Wildman–Crippen LogP) is 4.12. The minimum absolute atomic E-state index is 0.138. The monoisotopic (exact) mass is 188 g/mol. The van der Waals surface area contributed by atoms with Crippen LogP contribution in [0.2, 0.25) is 0 Å². The van der Waals surface area contributed by atoms with E-state index in [2.05, 4.69) is 32.9 Å². The van der Waals surface area contributed by atoms with E-state index in [1.165, 1.54) is 5.39 Å². The van der Waals surface area contributed by atoms with Crippen LogP contribution in [0.25, 0.3) is 11.0 Å². The highest BCUT2D eigenvalue weighted by molar-refractivity contribution is 5.77. The van der Waals surface area contributed by atoms with Gasteiger partial charge in [0.1, 0.15) is 11.3 Å². The maximum Gasteiger partial charge on any atom is 0.134 e. The quantitative estimate of drug-likeness (QED) is 0.691. The molecule has 0 aliphatic rings. The van der Waals surface area contributed by atoms with Crippen LogP contribution in [0.5, 0.6) is 0 Å². The molecule has 0 aliphatic carbocycles. The molecule has 0 spiro atoms. The minimum atomic E-state index is 0.138. The number of benzene rings is 1. The fourth-order valence-electron chi connectivity index (χ4n) is 1.49. The molecule has 0 atom stereocenters. The van der Waals surface area contributed by atoms with Gasteiger partial charge in [-0.3, -0.25) is 0 Å². The molecule has 0 saturated heterocycles. The molecule has 1 nitrogen and oxygen atoms in total. The van der Waals surface area contributed by atoms with Gasteiger partial charge in [-0.1, -0.05) is 39.0 Å². The SMILES string of the molecule is CCC(C)(C)c1cc2ccccc2o1. The largest absolute Gasteiger partial charge is 0.461 e. The molecule has 1 aromatic carbocycles. The van der Waals surface area contributed by atoms with Gasteiger partial charge in [0.15, 0.2) is 0 Å². The predicted molar refractivity (Wildman–Crippen MR) is 59.5 cm³/mol. The van der Waals surface area contributed by atoms with Gasteiger partial charge in [0, 0.05) is 10.8 Å². The molecule has 1 heterocycles. The zero-order valence-electron chi connectivity index (χ0n) is 9.00. The lowest BCUT2D eigenvalue weighted by Crippen LogP contribution is -2.13. The summed E-state index contributed by atoms with van der Waals surface area (Å²) in [6.45, 7) is 6.61. The fraction of sp³-hybridized carbons (Fsp3) is 0.385. The Morgan fingerprint density at radius 1 is 1.21 bits per heavy atom. The van der Waals surface area contributed by atoms with Gasteiger partial charge < -0.3 is 4.42 Å². The third-order valence-electron chi connectivity index (χ3n) is 2.98. The minimum Gasteiger partial charge on any atom is -0.461 e. The van der Waals surface area contributed by atoms with Crippen LogP contribution in [-0.2, 0) is 5.41 Å². The van der Waals surface area contributed by atoms with Gasteiger partial charge in [0.25, 0.3) is 0 Å². The number of fused-ring (bicyclic) bond motifs is 1. The molecule has 74 valence electrons. The maximum absolute atomic E-state index is 5.82. The van der Waals surface area contributed by atoms with Gasteiger partial charge in [0.05, 0.1) is 0 Å². The van der Waals surface area contributed by atoms with Crippen LogP contribution in [0, 0.1) is 0 Å². The summed E-state index contributed by atoms with van der Waals surface area (Å²) in [5.74, 6) is 1.08. The van der Waals surface area contributed by atoms with Gasteiger partial charge in [0.2, 0.25) is 0 Å². The smallest absolute Gasteiger partial charge is 0.134 e. The van der Waals surface area contributed by atoms with E-state index in [0.717, 1.165) is 17.8 Å². The highest BCUT2D eigenvalue weighted by Crippen LogP contribution is 2.31. The van der Waals surface area contributed by atoms with Crippen LogP contribution in [0.1, 0.15) is 33.0 Å². The second kappa shape index (κ2) is 3.16. The van der Waals surface area contributed by atoms with Crippen LogP contribution in [-0.4, -0.2) is 0 Å². The molecule has 0 radical (unpaired) electrons. The molecule has 0 N–H and O–H groups in total. The lowest BCUT2D eigenvalue weighted by atomic mass is 9.87. The molecular formula is C13H16O. The molecule has 0 saturated carbocycles. The van der Waals surface area contributed by atoms with Crippen LogP contribution in [0.4, 0.5) is 0 Å². The van der Waals surface area contributed by atoms with Crippen molar-refractivity contribution < 1.29 is 4.42 Å². The van der Waals surface area contributed by atoms with E-state index in [4.69, 9.17) is 4.42 Å². The van der Waals surface area contributed by atoms with E-state index in [-0.39, 0.29) is 5.41 Å². The Bertz CT molecular complexity index is 404. The zero-order chi connectivity index (χ0) is 10.2. The van der Waals surface area contributed by atoms with E-state index >= 15 is 0 Å². The molecule has 0 bridgehead atoms. The third-order valence-corrected chi connectivity index (χ3v) is 2.98. The summed E-state index contributed by atoms with van der Waals surface area (Å²) in [6, 6.07) is 10.3. The Kier molecular flexibility index (Phi) is 2.10. The van der Waals surface area contributed by atoms with Crippen molar-refractivity contribution in [3.05, 3.63) is 36.1 Å². The summed E-state index contributed by atoms with van der Waals surface area (Å²) < 4.78 is 5.82. The Morgan fingerprint density at radius 2 is 1.93 bits per heavy atom. The van der Waals surface area contributed by atoms with E-state index in [0.29, 0.717) is 0 Å². The van der Waals surface area contributed by atoms with Crippen molar-refractivity contribution in [2.75, 3.05) is 0 Å². The fourth-order valence-corrected chi connectivity index (χ4v) is 1.49. The molecule has 0 unspecified atom stereocenters. The number of furan rings is 1. The topological polar surface area (TPSA) is 13.1 Å². The van der Waals surface area contributed by atoms with Crippen molar-refractivity contribution in [2.45, 2.75) is 32.6 Å². The van der Waals surface area contributed by atoms with Crippen LogP contribution >= 0.6 is 0 Å². The van der Waals surface area contributed by atoms with Crippen molar-refractivity contribution in [2.24, 2.45) is 0 Å². The molecule has 2 rings (SSSR count). The highest BCUT2D eigenvalue weighted by Gasteiger charge is 2.22. The first-order chi connectivity index (χ1) is 6.63. The molecule has 0 amide bonds. The summed E-state index contributed by atoms with van der Waals surface area (Å²) in [7, 11) is 0. The maximum atomic E-state index is 5.82. The van der Waals surface area contributed by atoms with E-state index in [1.54, 1.807) is 0 Å². The van der Waals surface area contributed by atoms with E-state index < -0.39 is 0 Å². The normalized spacial score (nSPS) is 12.2. The summed E-state index contributed by atoms with van der Waals surface area (Å²) >= 11 is 0. The molecule has 1 aromatic heterocycles. The number of para-hydroxylation sites is 1. The molecule has 1 heteroatoms. The van der Waals surface area contributed by atoms with Crippen molar-refractivity contribution in [1.29, 1.82) is 0 Å². The average molecular weight is 188 g/mol. The van der Waals surface area contributed by atoms with Crippen LogP contribution in [0.3, 0.4) is 0 Å². The number of rotatable bonds is 2. The molecule has 2 aromatic rings. The van der Waals surface area contributed by atoms with E-state index in [1.807, 2.05) is 18.2 Å². The van der Waals surface area contributed by atoms with Gasteiger partial charge in [-0.15, -0.1) is 0 Å². The number of hydrogen-bond acceptors (Lipinski definition) is 1. The summed E-state index contributed by atoms with van der Waals surface area (Å²) in [5, 5.41) is 1.20. The van der Waals surface area contributed by atoms with Crippen LogP contribution < -0.4 is 0 Å². The Hall–Kier alpha value is -1.24. The van der Waals surface area contributed by atoms with Gasteiger partial charge in [-0.25, -0.2) is 0 Å². The standard InChI is InChI=1S/C13H16O/c1-4-13(2,3)12-9-10-7-5-6-8-11(10)14-12/h5-9H,4H2,1-3H3. The second-order valence-electron chi connectivity index (χ2n) is 4.39. The Balaban J connectivity index is 2.55. The van der Waals surface area contributed by atoms with E-state index in [9.17, 15) is 0 Å². The first-order valence-corrected chi connectivity index (χ1v) is 5.12. The highest BCUT2D eigenvalue weighted by atomic mass is 16.3. The van der Waals surface area contributed by atoms with Crippen molar-refractivity contribution in [3.8, 4) is 0 Å². The van der Waals surface area contributed by atoms with Crippen molar-refractivity contribution >= 4 is 11.0 Å². The molecule has 0 aliphatic heterocycles. The lowest BCUT2D eigenvalue weighted by Gasteiger charge is -2.18. The van der Waals surface area contributed by atoms with Crippen molar-refractivity contribution in [1.82, 2.24) is 0 Å². The van der Waals surface area contributed by atoms with Gasteiger partial charge in [-0.2, -0.15) is 0 Å². The Labute approximate surface area is 84.7 Å². The molecule has 14 heavy (non-hydrogen) atoms. The average Bonchev–Trinajstić information content (AvgIpc) is 2.61. The number of hydrogen-bond donors (Lipinski definition) is 0. The summed E-state index contributed by atoms with van der Waals surface area (Å²) in [5.41, 5.74) is 1.13. The first kappa shape index (κ1) is 9.32. The van der Waals surface area contributed by atoms with Crippen LogP contribution in [0.15, 0.2) is 34.7 Å². The van der Waals surface area contributed by atoms with Gasteiger partial charge in [-0.05, 0) is 18.6 Å². The van der Waals surface area contributed by atoms with Crippen molar-refractivity contribution in [3.63, 3.8) is 0 Å². The zero-order valence-corrected chi connectivity index (χ0v) is 9.00. The molecule has 0 fully saturated rings. The third kappa shape index (κ3) is 1.43. The van der Waals surface area contributed by atoms with Gasteiger partial charge >= 0.3 is 0 Å². The second-order valence-corrected chi connectivity index (χ2v) is 4.39. The first-order valence-electron chi connectivity index (χ1n) is 5.12. The summed E-state index contributed by atoms with van der Waals surface area (Å²) in [4.78, 5) is 0. The lowest BCUT2D eigenvalue weighted by molar-refractivity contribution is 0.391. The summed E-state index contributed by atoms with van der Waals surface area (Å²) in [6.07, 6.45) is 1.09. The Morgan fingerprint density at radius 3 is 2.57 bits per heavy atom. The molecular weight excluding hydrogens is 172 g/mol.